The maximum atomic E-state index is 6.08. The molecule has 0 aliphatic carbocycles. The molecule has 4 rings (SSSR count). The second-order valence-electron chi connectivity index (χ2n) is 6.56. The van der Waals surface area contributed by atoms with Crippen LogP contribution < -0.4 is 9.64 Å². The van der Waals surface area contributed by atoms with Gasteiger partial charge >= 0.3 is 0 Å². The molecule has 0 spiro atoms. The van der Waals surface area contributed by atoms with Gasteiger partial charge in [-0.05, 0) is 55.8 Å². The van der Waals surface area contributed by atoms with E-state index in [-0.39, 0.29) is 6.10 Å². The van der Waals surface area contributed by atoms with Crippen molar-refractivity contribution >= 4 is 28.2 Å². The van der Waals surface area contributed by atoms with Gasteiger partial charge in [-0.2, -0.15) is 0 Å². The van der Waals surface area contributed by atoms with Gasteiger partial charge in [-0.25, -0.2) is 0 Å². The summed E-state index contributed by atoms with van der Waals surface area (Å²) in [5.41, 5.74) is 3.65. The summed E-state index contributed by atoms with van der Waals surface area (Å²) in [5.74, 6) is 0.998. The maximum absolute atomic E-state index is 6.08. The Morgan fingerprint density at radius 1 is 1.12 bits per heavy atom. The normalized spacial score (nSPS) is 17.0. The summed E-state index contributed by atoms with van der Waals surface area (Å²) >= 11 is 6.08. The highest BCUT2D eigenvalue weighted by atomic mass is 35.5. The van der Waals surface area contributed by atoms with Gasteiger partial charge in [-0.15, -0.1) is 0 Å². The quantitative estimate of drug-likeness (QED) is 0.675. The van der Waals surface area contributed by atoms with Crippen molar-refractivity contribution < 1.29 is 4.74 Å². The summed E-state index contributed by atoms with van der Waals surface area (Å²) in [6.45, 7) is 7.04. The molecule has 0 N–H and O–H groups in total. The fraction of sp³-hybridized carbons (Fsp3) is 0.300. The third-order valence-corrected chi connectivity index (χ3v) is 4.84. The Bertz CT molecular complexity index is 886. The number of fused-ring (bicyclic) bond motifs is 2. The fourth-order valence-electron chi connectivity index (χ4n) is 3.45. The molecule has 1 aliphatic rings. The molecule has 0 bridgehead atoms. The monoisotopic (exact) mass is 340 g/mol. The van der Waals surface area contributed by atoms with E-state index in [9.17, 15) is 0 Å². The number of hydrogen-bond donors (Lipinski definition) is 0. The van der Waals surface area contributed by atoms with Crippen LogP contribution in [0.15, 0.2) is 48.7 Å². The number of hydrogen-bond acceptors (Lipinski definition) is 2. The predicted molar refractivity (Wildman–Crippen MR) is 100 cm³/mol. The van der Waals surface area contributed by atoms with Crippen LogP contribution in [0.1, 0.15) is 12.5 Å². The van der Waals surface area contributed by atoms with Gasteiger partial charge in [0.1, 0.15) is 11.9 Å². The van der Waals surface area contributed by atoms with Crippen LogP contribution >= 0.6 is 11.6 Å². The van der Waals surface area contributed by atoms with Crippen molar-refractivity contribution in [1.29, 1.82) is 0 Å². The third kappa shape index (κ3) is 2.84. The molecule has 2 aromatic carbocycles. The van der Waals surface area contributed by atoms with E-state index < -0.39 is 0 Å². The summed E-state index contributed by atoms with van der Waals surface area (Å²) < 4.78 is 8.29. The Hall–Kier alpha value is -2.13. The van der Waals surface area contributed by atoms with Crippen molar-refractivity contribution in [3.05, 3.63) is 59.2 Å². The predicted octanol–water partition coefficient (Wildman–Crippen LogP) is 4.89. The maximum Gasteiger partial charge on any atom is 0.143 e. The molecule has 3 nitrogen and oxygen atoms in total. The van der Waals surface area contributed by atoms with Gasteiger partial charge in [0.15, 0.2) is 0 Å². The minimum atomic E-state index is 0.208. The van der Waals surface area contributed by atoms with Crippen LogP contribution in [-0.2, 0) is 6.54 Å². The van der Waals surface area contributed by atoms with E-state index in [2.05, 4.69) is 59.8 Å². The van der Waals surface area contributed by atoms with Gasteiger partial charge in [0.2, 0.25) is 0 Å². The minimum absolute atomic E-state index is 0.208. The molecule has 0 amide bonds. The third-order valence-electron chi connectivity index (χ3n) is 4.61. The summed E-state index contributed by atoms with van der Waals surface area (Å²) in [4.78, 5) is 2.42. The highest BCUT2D eigenvalue weighted by Crippen LogP contribution is 2.34. The Balaban J connectivity index is 1.57. The largest absolute Gasteiger partial charge is 0.487 e. The van der Waals surface area contributed by atoms with Gasteiger partial charge in [-0.1, -0.05) is 17.7 Å². The van der Waals surface area contributed by atoms with Crippen LogP contribution in [0.2, 0.25) is 5.02 Å². The lowest BCUT2D eigenvalue weighted by Gasteiger charge is -2.35. The number of aryl methyl sites for hydroxylation is 1. The Labute approximate surface area is 147 Å². The van der Waals surface area contributed by atoms with Crippen LogP contribution in [0.25, 0.3) is 10.9 Å². The first-order chi connectivity index (χ1) is 11.6. The van der Waals surface area contributed by atoms with E-state index in [1.54, 1.807) is 0 Å². The summed E-state index contributed by atoms with van der Waals surface area (Å²) in [7, 11) is 0. The Kier molecular flexibility index (Phi) is 3.89. The number of benzene rings is 2. The topological polar surface area (TPSA) is 17.4 Å². The molecule has 1 aromatic heterocycles. The number of halogens is 1. The smallest absolute Gasteiger partial charge is 0.143 e. The highest BCUT2D eigenvalue weighted by molar-refractivity contribution is 6.31. The molecule has 0 saturated heterocycles. The first kappa shape index (κ1) is 15.4. The first-order valence-electron chi connectivity index (χ1n) is 8.37. The zero-order valence-corrected chi connectivity index (χ0v) is 14.8. The van der Waals surface area contributed by atoms with Gasteiger partial charge in [0, 0.05) is 35.2 Å². The first-order valence-corrected chi connectivity index (χ1v) is 8.74. The van der Waals surface area contributed by atoms with Crippen molar-refractivity contribution in [2.24, 2.45) is 0 Å². The zero-order chi connectivity index (χ0) is 16.7. The molecule has 0 radical (unpaired) electrons. The molecule has 0 saturated carbocycles. The molecule has 0 fully saturated rings. The molecular weight excluding hydrogens is 320 g/mol. The average Bonchev–Trinajstić information content (AvgIpc) is 2.94. The van der Waals surface area contributed by atoms with E-state index in [0.717, 1.165) is 30.4 Å². The molecule has 1 unspecified atom stereocenters. The molecule has 2 heterocycles. The number of nitrogens with zero attached hydrogens (tertiary/aromatic N) is 2. The molecular formula is C20H21ClN2O. The van der Waals surface area contributed by atoms with E-state index >= 15 is 0 Å². The molecule has 1 atom stereocenters. The highest BCUT2D eigenvalue weighted by Gasteiger charge is 2.22. The van der Waals surface area contributed by atoms with E-state index in [4.69, 9.17) is 16.3 Å². The lowest BCUT2D eigenvalue weighted by molar-refractivity contribution is 0.212. The van der Waals surface area contributed by atoms with Gasteiger partial charge in [0.05, 0.1) is 12.2 Å². The zero-order valence-electron chi connectivity index (χ0n) is 14.0. The molecule has 4 heteroatoms. The minimum Gasteiger partial charge on any atom is -0.487 e. The summed E-state index contributed by atoms with van der Waals surface area (Å²) in [6, 6.07) is 14.6. The molecule has 24 heavy (non-hydrogen) atoms. The SMILES string of the molecule is Cc1ccc2c(c1)OC(C)CN2CCn1ccc2cc(Cl)ccc21. The molecule has 3 aromatic rings. The van der Waals surface area contributed by atoms with E-state index in [1.807, 2.05) is 12.1 Å². The standard InChI is InChI=1S/C20H21ClN2O/c1-14-3-5-19-20(11-14)24-15(2)13-23(19)10-9-22-8-7-16-12-17(21)4-6-18(16)22/h3-8,11-12,15H,9-10,13H2,1-2H3. The lowest BCUT2D eigenvalue weighted by Crippen LogP contribution is -2.40. The second kappa shape index (κ2) is 6.06. The van der Waals surface area contributed by atoms with Crippen LogP contribution in [0, 0.1) is 6.92 Å². The summed E-state index contributed by atoms with van der Waals surface area (Å²) in [6.07, 6.45) is 2.35. The number of ether oxygens (including phenoxy) is 1. The number of rotatable bonds is 3. The number of anilines is 1. The lowest BCUT2D eigenvalue weighted by atomic mass is 10.1. The van der Waals surface area contributed by atoms with Crippen LogP contribution in [0.3, 0.4) is 0 Å². The van der Waals surface area contributed by atoms with Gasteiger partial charge in [0.25, 0.3) is 0 Å². The van der Waals surface area contributed by atoms with Crippen molar-refractivity contribution in [2.45, 2.75) is 26.5 Å². The van der Waals surface area contributed by atoms with Crippen LogP contribution in [-0.4, -0.2) is 23.8 Å². The van der Waals surface area contributed by atoms with Gasteiger partial charge < -0.3 is 14.2 Å². The molecule has 124 valence electrons. The molecule has 1 aliphatic heterocycles. The Morgan fingerprint density at radius 2 is 2.00 bits per heavy atom. The van der Waals surface area contributed by atoms with Crippen molar-refractivity contribution in [2.75, 3.05) is 18.0 Å². The van der Waals surface area contributed by atoms with Crippen molar-refractivity contribution in [3.8, 4) is 5.75 Å². The average molecular weight is 341 g/mol. The van der Waals surface area contributed by atoms with E-state index in [0.29, 0.717) is 0 Å². The fourth-order valence-corrected chi connectivity index (χ4v) is 3.63. The second-order valence-corrected chi connectivity index (χ2v) is 6.99. The Morgan fingerprint density at radius 3 is 2.88 bits per heavy atom. The van der Waals surface area contributed by atoms with Crippen molar-refractivity contribution in [3.63, 3.8) is 0 Å². The van der Waals surface area contributed by atoms with Crippen LogP contribution in [0.4, 0.5) is 5.69 Å². The van der Waals surface area contributed by atoms with Gasteiger partial charge in [-0.3, -0.25) is 0 Å². The summed E-state index contributed by atoms with van der Waals surface area (Å²) in [5, 5.41) is 1.97. The van der Waals surface area contributed by atoms with Crippen LogP contribution in [0.5, 0.6) is 5.75 Å². The van der Waals surface area contributed by atoms with Crippen molar-refractivity contribution in [1.82, 2.24) is 4.57 Å². The number of aromatic nitrogens is 1. The van der Waals surface area contributed by atoms with E-state index in [1.165, 1.54) is 22.2 Å².